The van der Waals surface area contributed by atoms with Crippen LogP contribution in [0.4, 0.5) is 8.78 Å². The van der Waals surface area contributed by atoms with Crippen LogP contribution in [0.3, 0.4) is 0 Å². The van der Waals surface area contributed by atoms with Gasteiger partial charge in [0.1, 0.15) is 0 Å². The SMILES string of the molecule is CCOC1(F)CC=CC(OCC2CC=C(CCC=C(C)C)CC2)=C1F. The summed E-state index contributed by atoms with van der Waals surface area (Å²) in [5.74, 6) is -2.99. The van der Waals surface area contributed by atoms with E-state index < -0.39 is 11.7 Å². The number of allylic oxidation sites excluding steroid dienone is 5. The molecule has 2 aliphatic carbocycles. The summed E-state index contributed by atoms with van der Waals surface area (Å²) in [7, 11) is 0. The molecule has 0 amide bonds. The zero-order chi connectivity index (χ0) is 18.3. The van der Waals surface area contributed by atoms with Gasteiger partial charge in [-0.1, -0.05) is 29.4 Å². The van der Waals surface area contributed by atoms with Crippen molar-refractivity contribution in [2.24, 2.45) is 5.92 Å². The van der Waals surface area contributed by atoms with E-state index in [9.17, 15) is 8.78 Å². The minimum Gasteiger partial charge on any atom is -0.490 e. The Morgan fingerprint density at radius 1 is 1.40 bits per heavy atom. The van der Waals surface area contributed by atoms with Crippen molar-refractivity contribution in [1.82, 2.24) is 0 Å². The van der Waals surface area contributed by atoms with Gasteiger partial charge in [-0.2, -0.15) is 0 Å². The normalized spacial score (nSPS) is 26.4. The standard InChI is InChI=1S/C21H30F2O2/c1-4-25-21(23)14-6-9-19(20(21)22)24-15-18-12-10-17(11-13-18)8-5-7-16(2)3/h6-7,9-10,18H,4-5,8,11-15H2,1-3H3. The summed E-state index contributed by atoms with van der Waals surface area (Å²) in [6.45, 7) is 6.42. The number of alkyl halides is 1. The maximum absolute atomic E-state index is 14.4. The molecule has 0 aromatic carbocycles. The van der Waals surface area contributed by atoms with Crippen molar-refractivity contribution in [2.45, 2.75) is 65.2 Å². The highest BCUT2D eigenvalue weighted by molar-refractivity contribution is 5.27. The molecule has 0 fully saturated rings. The molecule has 4 heteroatoms. The molecule has 0 aliphatic heterocycles. The van der Waals surface area contributed by atoms with Gasteiger partial charge in [-0.25, -0.2) is 8.78 Å². The molecule has 25 heavy (non-hydrogen) atoms. The first-order valence-corrected chi connectivity index (χ1v) is 9.28. The van der Waals surface area contributed by atoms with Crippen LogP contribution in [0, 0.1) is 5.92 Å². The minimum absolute atomic E-state index is 0.0273. The van der Waals surface area contributed by atoms with Crippen LogP contribution in [-0.2, 0) is 9.47 Å². The van der Waals surface area contributed by atoms with E-state index in [0.717, 1.165) is 32.1 Å². The first-order valence-electron chi connectivity index (χ1n) is 9.28. The van der Waals surface area contributed by atoms with Gasteiger partial charge in [-0.15, -0.1) is 0 Å². The third-order valence-corrected chi connectivity index (χ3v) is 4.67. The molecule has 2 rings (SSSR count). The van der Waals surface area contributed by atoms with Crippen LogP contribution in [0.1, 0.15) is 59.3 Å². The van der Waals surface area contributed by atoms with Crippen LogP contribution in [-0.4, -0.2) is 19.1 Å². The topological polar surface area (TPSA) is 18.5 Å². The number of hydrogen-bond acceptors (Lipinski definition) is 2. The summed E-state index contributed by atoms with van der Waals surface area (Å²) in [6.07, 6.45) is 12.8. The third-order valence-electron chi connectivity index (χ3n) is 4.67. The van der Waals surface area contributed by atoms with E-state index in [0.29, 0.717) is 12.5 Å². The Morgan fingerprint density at radius 3 is 2.84 bits per heavy atom. The molecule has 0 radical (unpaired) electrons. The highest BCUT2D eigenvalue weighted by Crippen LogP contribution is 2.36. The van der Waals surface area contributed by atoms with Crippen molar-refractivity contribution in [3.8, 4) is 0 Å². The number of ether oxygens (including phenoxy) is 2. The average molecular weight is 352 g/mol. The van der Waals surface area contributed by atoms with Crippen LogP contribution in [0.25, 0.3) is 0 Å². The molecular weight excluding hydrogens is 322 g/mol. The second-order valence-corrected chi connectivity index (χ2v) is 7.08. The number of hydrogen-bond donors (Lipinski definition) is 0. The summed E-state index contributed by atoms with van der Waals surface area (Å²) < 4.78 is 39.2. The van der Waals surface area contributed by atoms with Gasteiger partial charge in [0.2, 0.25) is 5.83 Å². The molecule has 0 aromatic heterocycles. The maximum Gasteiger partial charge on any atom is 0.268 e. The van der Waals surface area contributed by atoms with E-state index in [1.54, 1.807) is 13.0 Å². The maximum atomic E-state index is 14.4. The average Bonchev–Trinajstić information content (AvgIpc) is 2.57. The van der Waals surface area contributed by atoms with E-state index in [1.807, 2.05) is 0 Å². The highest BCUT2D eigenvalue weighted by Gasteiger charge is 2.40. The fourth-order valence-corrected chi connectivity index (χ4v) is 3.20. The van der Waals surface area contributed by atoms with Gasteiger partial charge in [0.05, 0.1) is 6.61 Å². The summed E-state index contributed by atoms with van der Waals surface area (Å²) >= 11 is 0. The van der Waals surface area contributed by atoms with E-state index in [-0.39, 0.29) is 18.8 Å². The van der Waals surface area contributed by atoms with Crippen LogP contribution >= 0.6 is 0 Å². The summed E-state index contributed by atoms with van der Waals surface area (Å²) in [5.41, 5.74) is 2.85. The minimum atomic E-state index is -2.37. The lowest BCUT2D eigenvalue weighted by Gasteiger charge is -2.27. The van der Waals surface area contributed by atoms with Crippen LogP contribution in [0.2, 0.25) is 0 Å². The third kappa shape index (κ3) is 5.81. The molecule has 2 aliphatic rings. The Labute approximate surface area is 150 Å². The lowest BCUT2D eigenvalue weighted by Crippen LogP contribution is -2.30. The predicted octanol–water partition coefficient (Wildman–Crippen LogP) is 6.32. The molecule has 2 atom stereocenters. The van der Waals surface area contributed by atoms with Gasteiger partial charge in [0.25, 0.3) is 5.85 Å². The smallest absolute Gasteiger partial charge is 0.268 e. The van der Waals surface area contributed by atoms with Crippen LogP contribution in [0.5, 0.6) is 0 Å². The molecule has 0 bridgehead atoms. The van der Waals surface area contributed by atoms with Crippen molar-refractivity contribution in [1.29, 1.82) is 0 Å². The van der Waals surface area contributed by atoms with E-state index in [2.05, 4.69) is 26.0 Å². The van der Waals surface area contributed by atoms with E-state index in [4.69, 9.17) is 9.47 Å². The van der Waals surface area contributed by atoms with Gasteiger partial charge in [-0.05, 0) is 64.9 Å². The number of halogens is 2. The Kier molecular flexibility index (Phi) is 7.42. The van der Waals surface area contributed by atoms with Gasteiger partial charge in [-0.3, -0.25) is 0 Å². The number of rotatable bonds is 8. The second kappa shape index (κ2) is 9.33. The molecule has 0 heterocycles. The fourth-order valence-electron chi connectivity index (χ4n) is 3.20. The van der Waals surface area contributed by atoms with Crippen molar-refractivity contribution < 1.29 is 18.3 Å². The molecule has 0 saturated carbocycles. The zero-order valence-corrected chi connectivity index (χ0v) is 15.6. The summed E-state index contributed by atoms with van der Waals surface area (Å²) in [4.78, 5) is 0. The van der Waals surface area contributed by atoms with E-state index >= 15 is 0 Å². The molecule has 2 unspecified atom stereocenters. The molecule has 140 valence electrons. The van der Waals surface area contributed by atoms with E-state index in [1.165, 1.54) is 17.2 Å². The van der Waals surface area contributed by atoms with Crippen LogP contribution < -0.4 is 0 Å². The van der Waals surface area contributed by atoms with Gasteiger partial charge in [0, 0.05) is 13.0 Å². The lowest BCUT2D eigenvalue weighted by atomic mass is 9.88. The Balaban J connectivity index is 1.83. The first-order chi connectivity index (χ1) is 11.9. The fraction of sp³-hybridized carbons (Fsp3) is 0.619. The molecule has 0 N–H and O–H groups in total. The van der Waals surface area contributed by atoms with Crippen LogP contribution in [0.15, 0.2) is 47.0 Å². The Morgan fingerprint density at radius 2 is 2.20 bits per heavy atom. The predicted molar refractivity (Wildman–Crippen MR) is 97.4 cm³/mol. The van der Waals surface area contributed by atoms with Gasteiger partial charge < -0.3 is 9.47 Å². The highest BCUT2D eigenvalue weighted by atomic mass is 19.2. The lowest BCUT2D eigenvalue weighted by molar-refractivity contribution is -0.126. The van der Waals surface area contributed by atoms with Crippen molar-refractivity contribution in [2.75, 3.05) is 13.2 Å². The van der Waals surface area contributed by atoms with Crippen molar-refractivity contribution >= 4 is 0 Å². The molecule has 0 saturated heterocycles. The largest absolute Gasteiger partial charge is 0.490 e. The summed E-state index contributed by atoms with van der Waals surface area (Å²) in [6, 6.07) is 0. The zero-order valence-electron chi connectivity index (χ0n) is 15.6. The van der Waals surface area contributed by atoms with Gasteiger partial charge >= 0.3 is 0 Å². The molecule has 0 spiro atoms. The molecule has 0 aromatic rings. The van der Waals surface area contributed by atoms with Crippen molar-refractivity contribution in [3.63, 3.8) is 0 Å². The molecular formula is C21H30F2O2. The first kappa shape index (κ1) is 19.9. The quantitative estimate of drug-likeness (QED) is 0.476. The van der Waals surface area contributed by atoms with Gasteiger partial charge in [0.15, 0.2) is 5.76 Å². The molecule has 2 nitrogen and oxygen atoms in total. The monoisotopic (exact) mass is 352 g/mol. The second-order valence-electron chi connectivity index (χ2n) is 7.08. The van der Waals surface area contributed by atoms with Crippen molar-refractivity contribution in [3.05, 3.63) is 47.0 Å². The summed E-state index contributed by atoms with van der Waals surface area (Å²) in [5, 5.41) is 0. The Hall–Kier alpha value is -1.42. The Bertz CT molecular complexity index is 570.